The van der Waals surface area contributed by atoms with Crippen LogP contribution in [0.2, 0.25) is 0 Å². The molecule has 3 heteroatoms. The van der Waals surface area contributed by atoms with E-state index in [1.165, 1.54) is 0 Å². The quantitative estimate of drug-likeness (QED) is 0.629. The summed E-state index contributed by atoms with van der Waals surface area (Å²) in [6.45, 7) is 0. The van der Waals surface area contributed by atoms with E-state index in [4.69, 9.17) is 12.2 Å². The van der Waals surface area contributed by atoms with E-state index in [2.05, 4.69) is 15.9 Å². The number of ketones is 1. The Kier molecular flexibility index (Phi) is 3.82. The Balaban J connectivity index is 2.30. The number of carbonyl (C=O) groups is 1. The molecule has 0 atom stereocenters. The average Bonchev–Trinajstić information content (AvgIpc) is 2.39. The van der Waals surface area contributed by atoms with Gasteiger partial charge in [0.25, 0.3) is 0 Å². The molecule has 2 aromatic rings. The Morgan fingerprint density at radius 1 is 0.941 bits per heavy atom. The zero-order valence-corrected chi connectivity index (χ0v) is 11.3. The highest BCUT2D eigenvalue weighted by atomic mass is 79.9. The number of thiocarbonyl (C=S) groups is 1. The first-order valence-electron chi connectivity index (χ1n) is 5.06. The summed E-state index contributed by atoms with van der Waals surface area (Å²) < 4.78 is 0.963. The van der Waals surface area contributed by atoms with Crippen LogP contribution in [-0.4, -0.2) is 11.2 Å². The van der Waals surface area contributed by atoms with Crippen LogP contribution in [0.25, 0.3) is 0 Å². The highest BCUT2D eigenvalue weighted by Crippen LogP contribution is 2.14. The zero-order chi connectivity index (χ0) is 12.3. The Morgan fingerprint density at radius 2 is 1.41 bits per heavy atom. The van der Waals surface area contributed by atoms with Crippen LogP contribution in [0.4, 0.5) is 0 Å². The van der Waals surface area contributed by atoms with E-state index in [1.54, 1.807) is 29.6 Å². The summed E-state index contributed by atoms with van der Waals surface area (Å²) in [5.41, 5.74) is 2.29. The summed E-state index contributed by atoms with van der Waals surface area (Å²) >= 11 is 8.16. The number of hydrogen-bond acceptors (Lipinski definition) is 2. The maximum atomic E-state index is 12.1. The molecule has 0 fully saturated rings. The van der Waals surface area contributed by atoms with Gasteiger partial charge in [0.15, 0.2) is 5.78 Å². The third kappa shape index (κ3) is 2.87. The molecule has 0 amide bonds. The third-order valence-corrected chi connectivity index (χ3v) is 3.22. The van der Waals surface area contributed by atoms with E-state index in [-0.39, 0.29) is 5.78 Å². The zero-order valence-electron chi connectivity index (χ0n) is 8.89. The predicted octanol–water partition coefficient (Wildman–Crippen LogP) is 4.03. The lowest BCUT2D eigenvalue weighted by Crippen LogP contribution is -2.00. The SMILES string of the molecule is O=C(c1ccc(Br)cc1)c1ccc(C=S)cc1. The second kappa shape index (κ2) is 5.34. The third-order valence-electron chi connectivity index (χ3n) is 2.42. The normalized spacial score (nSPS) is 9.94. The minimum Gasteiger partial charge on any atom is -0.289 e. The van der Waals surface area contributed by atoms with Crippen LogP contribution >= 0.6 is 28.1 Å². The smallest absolute Gasteiger partial charge is 0.193 e. The molecule has 0 heterocycles. The van der Waals surface area contributed by atoms with Gasteiger partial charge in [-0.2, -0.15) is 0 Å². The van der Waals surface area contributed by atoms with Gasteiger partial charge in [-0.25, -0.2) is 0 Å². The highest BCUT2D eigenvalue weighted by Gasteiger charge is 2.08. The molecule has 2 aromatic carbocycles. The lowest BCUT2D eigenvalue weighted by atomic mass is 10.0. The summed E-state index contributed by atoms with van der Waals surface area (Å²) in [5, 5.41) is 1.59. The van der Waals surface area contributed by atoms with Crippen molar-refractivity contribution < 1.29 is 4.79 Å². The van der Waals surface area contributed by atoms with Crippen molar-refractivity contribution in [3.8, 4) is 0 Å². The van der Waals surface area contributed by atoms with Crippen LogP contribution < -0.4 is 0 Å². The first kappa shape index (κ1) is 12.1. The summed E-state index contributed by atoms with van der Waals surface area (Å²) in [7, 11) is 0. The van der Waals surface area contributed by atoms with E-state index in [0.29, 0.717) is 11.1 Å². The molecule has 0 saturated heterocycles. The average molecular weight is 305 g/mol. The van der Waals surface area contributed by atoms with Crippen molar-refractivity contribution in [3.63, 3.8) is 0 Å². The number of benzene rings is 2. The van der Waals surface area contributed by atoms with E-state index in [1.807, 2.05) is 24.3 Å². The number of halogens is 1. The fourth-order valence-electron chi connectivity index (χ4n) is 1.48. The molecule has 2 rings (SSSR count). The Morgan fingerprint density at radius 3 is 1.88 bits per heavy atom. The number of carbonyl (C=O) groups excluding carboxylic acids is 1. The van der Waals surface area contributed by atoms with E-state index in [0.717, 1.165) is 10.0 Å². The van der Waals surface area contributed by atoms with E-state index in [9.17, 15) is 4.79 Å². The fourth-order valence-corrected chi connectivity index (χ4v) is 1.90. The van der Waals surface area contributed by atoms with Crippen LogP contribution in [0.3, 0.4) is 0 Å². The first-order chi connectivity index (χ1) is 8.20. The van der Waals surface area contributed by atoms with Gasteiger partial charge in [0.2, 0.25) is 0 Å². The predicted molar refractivity (Wildman–Crippen MR) is 76.8 cm³/mol. The molecular weight excluding hydrogens is 296 g/mol. The molecule has 0 aliphatic carbocycles. The molecule has 17 heavy (non-hydrogen) atoms. The molecule has 0 unspecified atom stereocenters. The second-order valence-electron chi connectivity index (χ2n) is 3.58. The maximum Gasteiger partial charge on any atom is 0.193 e. The Labute approximate surface area is 114 Å². The topological polar surface area (TPSA) is 17.1 Å². The van der Waals surface area contributed by atoms with Gasteiger partial charge in [0, 0.05) is 21.0 Å². The fraction of sp³-hybridized carbons (Fsp3) is 0. The van der Waals surface area contributed by atoms with Crippen molar-refractivity contribution >= 4 is 39.3 Å². The van der Waals surface area contributed by atoms with Gasteiger partial charge < -0.3 is 0 Å². The van der Waals surface area contributed by atoms with Crippen molar-refractivity contribution in [1.29, 1.82) is 0 Å². The second-order valence-corrected chi connectivity index (χ2v) is 4.73. The van der Waals surface area contributed by atoms with Crippen LogP contribution in [0.1, 0.15) is 21.5 Å². The highest BCUT2D eigenvalue weighted by molar-refractivity contribution is 9.10. The van der Waals surface area contributed by atoms with Gasteiger partial charge in [-0.3, -0.25) is 4.79 Å². The minimum atomic E-state index is 0.0217. The molecule has 0 aliphatic rings. The van der Waals surface area contributed by atoms with E-state index >= 15 is 0 Å². The maximum absolute atomic E-state index is 12.1. The Hall–Kier alpha value is -1.32. The van der Waals surface area contributed by atoms with Gasteiger partial charge >= 0.3 is 0 Å². The molecule has 0 aliphatic heterocycles. The minimum absolute atomic E-state index is 0.0217. The van der Waals surface area contributed by atoms with Gasteiger partial charge in [-0.1, -0.05) is 52.4 Å². The van der Waals surface area contributed by atoms with Crippen molar-refractivity contribution in [2.75, 3.05) is 0 Å². The summed E-state index contributed by atoms with van der Waals surface area (Å²) in [5.74, 6) is 0.0217. The first-order valence-corrected chi connectivity index (χ1v) is 6.32. The largest absolute Gasteiger partial charge is 0.289 e. The van der Waals surface area contributed by atoms with Gasteiger partial charge in [-0.15, -0.1) is 0 Å². The molecule has 0 spiro atoms. The van der Waals surface area contributed by atoms with Crippen LogP contribution in [-0.2, 0) is 0 Å². The lowest BCUT2D eigenvalue weighted by Gasteiger charge is -2.01. The molecular formula is C14H9BrOS. The van der Waals surface area contributed by atoms with Crippen molar-refractivity contribution in [3.05, 3.63) is 69.7 Å². The molecule has 0 N–H and O–H groups in total. The van der Waals surface area contributed by atoms with Crippen molar-refractivity contribution in [1.82, 2.24) is 0 Å². The molecule has 0 radical (unpaired) electrons. The monoisotopic (exact) mass is 304 g/mol. The Bertz CT molecular complexity index is 543. The van der Waals surface area contributed by atoms with Crippen molar-refractivity contribution in [2.24, 2.45) is 0 Å². The van der Waals surface area contributed by atoms with Gasteiger partial charge in [0.05, 0.1) is 0 Å². The summed E-state index contributed by atoms with van der Waals surface area (Å²) in [6.07, 6.45) is 0. The molecule has 0 saturated carbocycles. The summed E-state index contributed by atoms with van der Waals surface area (Å²) in [6, 6.07) is 14.6. The van der Waals surface area contributed by atoms with E-state index < -0.39 is 0 Å². The lowest BCUT2D eigenvalue weighted by molar-refractivity contribution is 0.103. The molecule has 0 aromatic heterocycles. The number of rotatable bonds is 3. The standard InChI is InChI=1S/C14H9BrOS/c15-13-7-5-12(6-8-13)14(16)11-3-1-10(9-17)2-4-11/h1-9H. The van der Waals surface area contributed by atoms with Gasteiger partial charge in [0.1, 0.15) is 0 Å². The molecule has 84 valence electrons. The van der Waals surface area contributed by atoms with Crippen LogP contribution in [0.15, 0.2) is 53.0 Å². The van der Waals surface area contributed by atoms with Crippen LogP contribution in [0.5, 0.6) is 0 Å². The van der Waals surface area contributed by atoms with Crippen molar-refractivity contribution in [2.45, 2.75) is 0 Å². The summed E-state index contributed by atoms with van der Waals surface area (Å²) in [4.78, 5) is 12.1. The van der Waals surface area contributed by atoms with Gasteiger partial charge in [-0.05, 0) is 29.8 Å². The molecule has 1 nitrogen and oxygen atoms in total. The number of hydrogen-bond donors (Lipinski definition) is 0. The van der Waals surface area contributed by atoms with Crippen LogP contribution in [0, 0.1) is 0 Å². The molecule has 0 bridgehead atoms.